The number of carbonyl (C=O) groups excluding carboxylic acids is 2. The van der Waals surface area contributed by atoms with E-state index in [0.29, 0.717) is 0 Å². The summed E-state index contributed by atoms with van der Waals surface area (Å²) in [4.78, 5) is 30.3. The smallest absolute Gasteiger partial charge is 0.265 e. The molecule has 0 unspecified atom stereocenters. The van der Waals surface area contributed by atoms with E-state index in [4.69, 9.17) is 12.2 Å². The number of hydrogen-bond acceptors (Lipinski definition) is 4. The van der Waals surface area contributed by atoms with Gasteiger partial charge in [0.05, 0.1) is 5.69 Å². The summed E-state index contributed by atoms with van der Waals surface area (Å²) in [5, 5.41) is 2.62. The predicted molar refractivity (Wildman–Crippen MR) is 100 cm³/mol. The molecule has 0 atom stereocenters. The molecule has 1 aliphatic rings. The maximum Gasteiger partial charge on any atom is 0.265 e. The van der Waals surface area contributed by atoms with Crippen molar-refractivity contribution < 1.29 is 9.59 Å². The van der Waals surface area contributed by atoms with E-state index in [1.54, 1.807) is 18.3 Å². The SMILES string of the molecule is C=CCN1C(=O)/C(=C/c2cccc(-c3ccccn3)c2)C(=O)NC1=S. The van der Waals surface area contributed by atoms with Gasteiger partial charge in [-0.05, 0) is 42.1 Å². The van der Waals surface area contributed by atoms with Crippen LogP contribution in [0.4, 0.5) is 0 Å². The van der Waals surface area contributed by atoms with E-state index in [0.717, 1.165) is 16.8 Å². The van der Waals surface area contributed by atoms with Crippen molar-refractivity contribution in [2.75, 3.05) is 6.54 Å². The van der Waals surface area contributed by atoms with Gasteiger partial charge in [-0.2, -0.15) is 0 Å². The fourth-order valence-electron chi connectivity index (χ4n) is 2.48. The summed E-state index contributed by atoms with van der Waals surface area (Å²) < 4.78 is 0. The van der Waals surface area contributed by atoms with Gasteiger partial charge >= 0.3 is 0 Å². The number of aromatic nitrogens is 1. The molecule has 124 valence electrons. The molecule has 2 heterocycles. The quantitative estimate of drug-likeness (QED) is 0.399. The van der Waals surface area contributed by atoms with Crippen molar-refractivity contribution >= 4 is 35.2 Å². The lowest BCUT2D eigenvalue weighted by Gasteiger charge is -2.27. The van der Waals surface area contributed by atoms with E-state index in [1.807, 2.05) is 42.5 Å². The van der Waals surface area contributed by atoms with Crippen LogP contribution in [0, 0.1) is 0 Å². The van der Waals surface area contributed by atoms with Crippen molar-refractivity contribution in [3.05, 3.63) is 72.5 Å². The first-order valence-corrected chi connectivity index (χ1v) is 8.02. The van der Waals surface area contributed by atoms with Crippen molar-refractivity contribution in [3.8, 4) is 11.3 Å². The van der Waals surface area contributed by atoms with Crippen LogP contribution in [-0.4, -0.2) is 33.4 Å². The van der Waals surface area contributed by atoms with Crippen molar-refractivity contribution in [1.82, 2.24) is 15.2 Å². The molecule has 1 saturated heterocycles. The predicted octanol–water partition coefficient (Wildman–Crippen LogP) is 2.56. The fraction of sp³-hybridized carbons (Fsp3) is 0.0526. The van der Waals surface area contributed by atoms with E-state index in [1.165, 1.54) is 4.90 Å². The Morgan fingerprint density at radius 3 is 2.76 bits per heavy atom. The molecule has 0 bridgehead atoms. The zero-order chi connectivity index (χ0) is 17.8. The number of pyridine rings is 1. The van der Waals surface area contributed by atoms with Gasteiger partial charge in [0, 0.05) is 18.3 Å². The maximum atomic E-state index is 12.5. The lowest BCUT2D eigenvalue weighted by atomic mass is 10.0. The van der Waals surface area contributed by atoms with E-state index in [2.05, 4.69) is 16.9 Å². The van der Waals surface area contributed by atoms with Gasteiger partial charge in [0.1, 0.15) is 5.57 Å². The Morgan fingerprint density at radius 1 is 1.20 bits per heavy atom. The molecule has 1 N–H and O–H groups in total. The summed E-state index contributed by atoms with van der Waals surface area (Å²) in [6, 6.07) is 13.1. The third kappa shape index (κ3) is 3.54. The summed E-state index contributed by atoms with van der Waals surface area (Å²) in [6.07, 6.45) is 4.83. The fourth-order valence-corrected chi connectivity index (χ4v) is 2.73. The van der Waals surface area contributed by atoms with Crippen molar-refractivity contribution in [2.24, 2.45) is 0 Å². The van der Waals surface area contributed by atoms with Crippen LogP contribution in [0.5, 0.6) is 0 Å². The van der Waals surface area contributed by atoms with Gasteiger partial charge in [-0.1, -0.05) is 30.3 Å². The monoisotopic (exact) mass is 349 g/mol. The van der Waals surface area contributed by atoms with Gasteiger partial charge in [-0.15, -0.1) is 6.58 Å². The van der Waals surface area contributed by atoms with Gasteiger partial charge < -0.3 is 0 Å². The average Bonchev–Trinajstić information content (AvgIpc) is 2.63. The highest BCUT2D eigenvalue weighted by Crippen LogP contribution is 2.20. The molecule has 0 spiro atoms. The molecule has 1 aromatic heterocycles. The van der Waals surface area contributed by atoms with Crippen LogP contribution in [0.25, 0.3) is 17.3 Å². The van der Waals surface area contributed by atoms with Gasteiger partial charge in [0.2, 0.25) is 0 Å². The summed E-state index contributed by atoms with van der Waals surface area (Å²) in [6.45, 7) is 3.84. The zero-order valence-electron chi connectivity index (χ0n) is 13.3. The number of nitrogens with zero attached hydrogens (tertiary/aromatic N) is 2. The first-order chi connectivity index (χ1) is 12.1. The highest BCUT2D eigenvalue weighted by Gasteiger charge is 2.32. The van der Waals surface area contributed by atoms with Gasteiger partial charge in [0.15, 0.2) is 5.11 Å². The Morgan fingerprint density at radius 2 is 2.04 bits per heavy atom. The van der Waals surface area contributed by atoms with Crippen LogP contribution in [0.15, 0.2) is 66.9 Å². The summed E-state index contributed by atoms with van der Waals surface area (Å²) >= 11 is 5.04. The molecule has 2 aromatic rings. The lowest BCUT2D eigenvalue weighted by Crippen LogP contribution is -2.53. The minimum absolute atomic E-state index is 0.0358. The Hall–Kier alpha value is -3.12. The van der Waals surface area contributed by atoms with Crippen LogP contribution in [0.3, 0.4) is 0 Å². The lowest BCUT2D eigenvalue weighted by molar-refractivity contribution is -0.128. The minimum atomic E-state index is -0.501. The van der Waals surface area contributed by atoms with Crippen LogP contribution < -0.4 is 5.32 Å². The zero-order valence-corrected chi connectivity index (χ0v) is 14.1. The van der Waals surface area contributed by atoms with Gasteiger partial charge in [0.25, 0.3) is 11.8 Å². The Labute approximate surface area is 150 Å². The van der Waals surface area contributed by atoms with E-state index < -0.39 is 11.8 Å². The second-order valence-corrected chi connectivity index (χ2v) is 5.75. The topological polar surface area (TPSA) is 62.3 Å². The standard InChI is InChI=1S/C19H15N3O2S/c1-2-10-22-18(24)15(17(23)21-19(22)25)12-13-6-5-7-14(11-13)16-8-3-4-9-20-16/h2-9,11-12H,1,10H2,(H,21,23,25)/b15-12+. The van der Waals surface area contributed by atoms with E-state index >= 15 is 0 Å². The summed E-state index contributed by atoms with van der Waals surface area (Å²) in [5.74, 6) is -0.935. The van der Waals surface area contributed by atoms with Crippen LogP contribution in [0.1, 0.15) is 5.56 Å². The molecule has 6 heteroatoms. The third-order valence-corrected chi connectivity index (χ3v) is 3.98. The molecule has 0 saturated carbocycles. The normalized spacial score (nSPS) is 16.1. The van der Waals surface area contributed by atoms with E-state index in [-0.39, 0.29) is 17.2 Å². The largest absolute Gasteiger partial charge is 0.298 e. The van der Waals surface area contributed by atoms with Gasteiger partial charge in [-0.3, -0.25) is 24.8 Å². The molecule has 0 radical (unpaired) electrons. The Bertz CT molecular complexity index is 891. The summed E-state index contributed by atoms with van der Waals surface area (Å²) in [5.41, 5.74) is 2.48. The molecule has 1 aromatic carbocycles. The molecule has 3 rings (SSSR count). The van der Waals surface area contributed by atoms with Crippen LogP contribution in [-0.2, 0) is 9.59 Å². The summed E-state index contributed by atoms with van der Waals surface area (Å²) in [7, 11) is 0. The third-order valence-electron chi connectivity index (χ3n) is 3.66. The van der Waals surface area contributed by atoms with Crippen molar-refractivity contribution in [2.45, 2.75) is 0 Å². The first kappa shape index (κ1) is 16.7. The molecule has 0 aliphatic carbocycles. The first-order valence-electron chi connectivity index (χ1n) is 7.61. The number of rotatable bonds is 4. The number of thiocarbonyl (C=S) groups is 1. The molecule has 1 aliphatic heterocycles. The molecule has 2 amide bonds. The Kier molecular flexibility index (Phi) is 4.81. The highest BCUT2D eigenvalue weighted by atomic mass is 32.1. The molecule has 25 heavy (non-hydrogen) atoms. The minimum Gasteiger partial charge on any atom is -0.298 e. The number of hydrogen-bond donors (Lipinski definition) is 1. The number of amides is 2. The van der Waals surface area contributed by atoms with Gasteiger partial charge in [-0.25, -0.2) is 0 Å². The van der Waals surface area contributed by atoms with E-state index in [9.17, 15) is 9.59 Å². The second-order valence-electron chi connectivity index (χ2n) is 5.36. The average molecular weight is 349 g/mol. The van der Waals surface area contributed by atoms with Crippen LogP contribution >= 0.6 is 12.2 Å². The molecular formula is C19H15N3O2S. The molecule has 5 nitrogen and oxygen atoms in total. The van der Waals surface area contributed by atoms with Crippen molar-refractivity contribution in [3.63, 3.8) is 0 Å². The van der Waals surface area contributed by atoms with Crippen LogP contribution in [0.2, 0.25) is 0 Å². The van der Waals surface area contributed by atoms with Crippen molar-refractivity contribution in [1.29, 1.82) is 0 Å². The Balaban J connectivity index is 1.96. The highest BCUT2D eigenvalue weighted by molar-refractivity contribution is 7.80. The second kappa shape index (κ2) is 7.19. The number of nitrogens with one attached hydrogen (secondary N) is 1. The number of carbonyl (C=O) groups is 2. The number of benzene rings is 1. The molecule has 1 fully saturated rings. The molecular weight excluding hydrogens is 334 g/mol. The maximum absolute atomic E-state index is 12.5.